The second-order valence-corrected chi connectivity index (χ2v) is 6.81. The van der Waals surface area contributed by atoms with E-state index in [1.807, 2.05) is 17.6 Å². The molecule has 0 radical (unpaired) electrons. The molecule has 0 unspecified atom stereocenters. The summed E-state index contributed by atoms with van der Waals surface area (Å²) in [6.07, 6.45) is 1.80. The Morgan fingerprint density at radius 1 is 1.43 bits per heavy atom. The molecule has 0 aliphatic rings. The molecule has 0 aliphatic heterocycles. The van der Waals surface area contributed by atoms with Crippen LogP contribution in [0.15, 0.2) is 28.9 Å². The van der Waals surface area contributed by atoms with Crippen LogP contribution in [-0.2, 0) is 12.3 Å². The zero-order chi connectivity index (χ0) is 15.2. The first-order chi connectivity index (χ1) is 10.1. The second kappa shape index (κ2) is 7.77. The molecule has 112 valence electrons. The van der Waals surface area contributed by atoms with Crippen LogP contribution in [0.2, 0.25) is 0 Å². The Labute approximate surface area is 137 Å². The number of nitrogens with zero attached hydrogens (tertiary/aromatic N) is 4. The fourth-order valence-electron chi connectivity index (χ4n) is 1.71. The van der Waals surface area contributed by atoms with E-state index in [9.17, 15) is 0 Å². The minimum absolute atomic E-state index is 0.609. The van der Waals surface area contributed by atoms with Crippen molar-refractivity contribution in [1.29, 1.82) is 0 Å². The Morgan fingerprint density at radius 2 is 2.24 bits per heavy atom. The smallest absolute Gasteiger partial charge is 0.195 e. The summed E-state index contributed by atoms with van der Waals surface area (Å²) in [5, 5.41) is 8.84. The van der Waals surface area contributed by atoms with Gasteiger partial charge in [0.1, 0.15) is 10.9 Å². The molecular weight excluding hydrogens is 322 g/mol. The number of aryl methyl sites for hydroxylation is 1. The van der Waals surface area contributed by atoms with Gasteiger partial charge in [-0.2, -0.15) is 5.10 Å². The van der Waals surface area contributed by atoms with E-state index in [-0.39, 0.29) is 0 Å². The number of nitrogens with one attached hydrogen (secondary N) is 1. The standard InChI is InChI=1S/C13H17N5S3/c1-4-6-18-10(16-17-13(18)19)8-21-12-14-9(3)7-11(15-12)20-5-2/h4,7H,1,5-6,8H2,2-3H3,(H,17,19). The number of hydrogen-bond acceptors (Lipinski definition) is 6. The summed E-state index contributed by atoms with van der Waals surface area (Å²) in [7, 11) is 0. The molecule has 2 rings (SSSR count). The molecule has 0 bridgehead atoms. The molecule has 1 N–H and O–H groups in total. The fraction of sp³-hybridized carbons (Fsp3) is 0.385. The Hall–Kier alpha value is -1.12. The zero-order valence-electron chi connectivity index (χ0n) is 12.0. The van der Waals surface area contributed by atoms with Crippen LogP contribution in [0.25, 0.3) is 0 Å². The molecule has 0 saturated heterocycles. The Balaban J connectivity index is 2.13. The number of allylic oxidation sites excluding steroid dienone is 1. The summed E-state index contributed by atoms with van der Waals surface area (Å²) in [5.74, 6) is 2.54. The summed E-state index contributed by atoms with van der Waals surface area (Å²) in [5.41, 5.74) is 0.980. The molecule has 0 amide bonds. The number of hydrogen-bond donors (Lipinski definition) is 1. The van der Waals surface area contributed by atoms with Gasteiger partial charge in [0.05, 0.1) is 5.75 Å². The first kappa shape index (κ1) is 16.3. The Morgan fingerprint density at radius 3 is 2.95 bits per heavy atom. The second-order valence-electron chi connectivity index (χ2n) is 4.20. The highest BCUT2D eigenvalue weighted by atomic mass is 32.2. The summed E-state index contributed by atoms with van der Waals surface area (Å²) in [4.78, 5) is 9.00. The monoisotopic (exact) mass is 339 g/mol. The molecule has 0 spiro atoms. The van der Waals surface area contributed by atoms with Crippen molar-refractivity contribution in [1.82, 2.24) is 24.7 Å². The highest BCUT2D eigenvalue weighted by Crippen LogP contribution is 2.23. The van der Waals surface area contributed by atoms with Gasteiger partial charge in [0.25, 0.3) is 0 Å². The first-order valence-corrected chi connectivity index (χ1v) is 8.88. The summed E-state index contributed by atoms with van der Waals surface area (Å²) >= 11 is 8.48. The minimum Gasteiger partial charge on any atom is -0.300 e. The van der Waals surface area contributed by atoms with Gasteiger partial charge in [-0.25, -0.2) is 9.97 Å². The molecule has 21 heavy (non-hydrogen) atoms. The lowest BCUT2D eigenvalue weighted by Crippen LogP contribution is -2.02. The van der Waals surface area contributed by atoms with Crippen molar-refractivity contribution < 1.29 is 0 Å². The van der Waals surface area contributed by atoms with Crippen LogP contribution in [0.3, 0.4) is 0 Å². The van der Waals surface area contributed by atoms with Crippen molar-refractivity contribution in [3.8, 4) is 0 Å². The summed E-state index contributed by atoms with van der Waals surface area (Å²) < 4.78 is 2.53. The van der Waals surface area contributed by atoms with Gasteiger partial charge in [0, 0.05) is 12.2 Å². The normalized spacial score (nSPS) is 10.8. The molecular formula is C13H17N5S3. The fourth-order valence-corrected chi connectivity index (χ4v) is 3.54. The third-order valence-electron chi connectivity index (χ3n) is 2.58. The van der Waals surface area contributed by atoms with Crippen molar-refractivity contribution in [2.75, 3.05) is 5.75 Å². The van der Waals surface area contributed by atoms with E-state index in [0.717, 1.165) is 27.5 Å². The number of H-pyrrole nitrogens is 1. The van der Waals surface area contributed by atoms with E-state index < -0.39 is 0 Å². The molecule has 0 aromatic carbocycles. The van der Waals surface area contributed by atoms with Gasteiger partial charge in [0.2, 0.25) is 0 Å². The molecule has 0 atom stereocenters. The number of thioether (sulfide) groups is 2. The molecule has 2 aromatic rings. The third kappa shape index (κ3) is 4.42. The summed E-state index contributed by atoms with van der Waals surface area (Å²) in [6, 6.07) is 2.01. The SMILES string of the molecule is C=CCn1c(CSc2nc(C)cc(SCC)n2)n[nH]c1=S. The molecule has 8 heteroatoms. The van der Waals surface area contributed by atoms with Gasteiger partial charge >= 0.3 is 0 Å². The van der Waals surface area contributed by atoms with E-state index in [1.165, 1.54) is 0 Å². The number of aromatic nitrogens is 5. The van der Waals surface area contributed by atoms with Crippen LogP contribution in [0.4, 0.5) is 0 Å². The molecule has 0 fully saturated rings. The van der Waals surface area contributed by atoms with E-state index >= 15 is 0 Å². The van der Waals surface area contributed by atoms with Gasteiger partial charge < -0.3 is 0 Å². The predicted molar refractivity (Wildman–Crippen MR) is 90.3 cm³/mol. The molecule has 0 saturated carbocycles. The predicted octanol–water partition coefficient (Wildman–Crippen LogP) is 3.63. The lowest BCUT2D eigenvalue weighted by atomic mass is 10.5. The van der Waals surface area contributed by atoms with Gasteiger partial charge in [-0.05, 0) is 31.0 Å². The van der Waals surface area contributed by atoms with Crippen LogP contribution in [0, 0.1) is 11.7 Å². The average Bonchev–Trinajstić information content (AvgIpc) is 2.78. The zero-order valence-corrected chi connectivity index (χ0v) is 14.4. The van der Waals surface area contributed by atoms with Gasteiger partial charge in [-0.3, -0.25) is 9.67 Å². The Kier molecular flexibility index (Phi) is 6.01. The van der Waals surface area contributed by atoms with Crippen molar-refractivity contribution in [2.45, 2.75) is 36.3 Å². The molecule has 5 nitrogen and oxygen atoms in total. The van der Waals surface area contributed by atoms with E-state index in [4.69, 9.17) is 12.2 Å². The van der Waals surface area contributed by atoms with Gasteiger partial charge in [0.15, 0.2) is 9.93 Å². The lowest BCUT2D eigenvalue weighted by Gasteiger charge is -2.05. The van der Waals surface area contributed by atoms with E-state index in [1.54, 1.807) is 29.6 Å². The highest BCUT2D eigenvalue weighted by Gasteiger charge is 2.08. The van der Waals surface area contributed by atoms with Crippen LogP contribution < -0.4 is 0 Å². The maximum Gasteiger partial charge on any atom is 0.195 e. The average molecular weight is 340 g/mol. The van der Waals surface area contributed by atoms with E-state index in [2.05, 4.69) is 33.7 Å². The maximum absolute atomic E-state index is 5.20. The van der Waals surface area contributed by atoms with Gasteiger partial charge in [-0.15, -0.1) is 18.3 Å². The highest BCUT2D eigenvalue weighted by molar-refractivity contribution is 7.99. The number of rotatable bonds is 7. The quantitative estimate of drug-likeness (QED) is 0.273. The number of aromatic amines is 1. The third-order valence-corrected chi connectivity index (χ3v) is 4.53. The van der Waals surface area contributed by atoms with Crippen LogP contribution >= 0.6 is 35.7 Å². The summed E-state index contributed by atoms with van der Waals surface area (Å²) in [6.45, 7) is 8.48. The minimum atomic E-state index is 0.609. The van der Waals surface area contributed by atoms with Crippen LogP contribution in [-0.4, -0.2) is 30.5 Å². The molecule has 2 aromatic heterocycles. The van der Waals surface area contributed by atoms with E-state index in [0.29, 0.717) is 17.1 Å². The van der Waals surface area contributed by atoms with Gasteiger partial charge in [-0.1, -0.05) is 24.8 Å². The maximum atomic E-state index is 5.20. The molecule has 2 heterocycles. The largest absolute Gasteiger partial charge is 0.300 e. The van der Waals surface area contributed by atoms with Crippen molar-refractivity contribution in [2.24, 2.45) is 0 Å². The van der Waals surface area contributed by atoms with Crippen molar-refractivity contribution in [3.63, 3.8) is 0 Å². The van der Waals surface area contributed by atoms with Crippen LogP contribution in [0.1, 0.15) is 18.4 Å². The Bertz CT molecular complexity index is 677. The van der Waals surface area contributed by atoms with Crippen molar-refractivity contribution >= 4 is 35.7 Å². The first-order valence-electron chi connectivity index (χ1n) is 6.50. The lowest BCUT2D eigenvalue weighted by molar-refractivity contribution is 0.764. The molecule has 0 aliphatic carbocycles. The van der Waals surface area contributed by atoms with Crippen molar-refractivity contribution in [3.05, 3.63) is 35.0 Å². The van der Waals surface area contributed by atoms with Crippen LogP contribution in [0.5, 0.6) is 0 Å². The topological polar surface area (TPSA) is 59.4 Å².